The molecule has 0 spiro atoms. The van der Waals surface area contributed by atoms with Gasteiger partial charge in [-0.15, -0.1) is 0 Å². The van der Waals surface area contributed by atoms with Crippen LogP contribution < -0.4 is 0 Å². The van der Waals surface area contributed by atoms with Crippen molar-refractivity contribution in [2.45, 2.75) is 19.5 Å². The summed E-state index contributed by atoms with van der Waals surface area (Å²) < 4.78 is 23.9. The molecule has 1 aromatic heterocycles. The molecule has 66 valence electrons. The normalized spacial score (nSPS) is 13.4. The Bertz CT molecular complexity index is 267. The van der Waals surface area contributed by atoms with Gasteiger partial charge >= 0.3 is 0 Å². The molecular weight excluding hydrogens is 166 g/mol. The van der Waals surface area contributed by atoms with Gasteiger partial charge in [0.15, 0.2) is 6.10 Å². The SMILES string of the molecule is Cc1nccc(C(O)C(F)F)n1. The van der Waals surface area contributed by atoms with Crippen LogP contribution in [0.4, 0.5) is 8.78 Å². The Labute approximate surface area is 68.1 Å². The average molecular weight is 174 g/mol. The first kappa shape index (κ1) is 8.99. The zero-order valence-corrected chi connectivity index (χ0v) is 6.41. The minimum atomic E-state index is -2.81. The van der Waals surface area contributed by atoms with E-state index in [2.05, 4.69) is 9.97 Å². The average Bonchev–Trinajstić information content (AvgIpc) is 2.03. The topological polar surface area (TPSA) is 46.0 Å². The van der Waals surface area contributed by atoms with Gasteiger partial charge in [-0.2, -0.15) is 0 Å². The van der Waals surface area contributed by atoms with Crippen LogP contribution in [0.1, 0.15) is 17.6 Å². The van der Waals surface area contributed by atoms with Gasteiger partial charge in [0.1, 0.15) is 5.82 Å². The first-order chi connectivity index (χ1) is 5.61. The van der Waals surface area contributed by atoms with Crippen LogP contribution in [0.2, 0.25) is 0 Å². The summed E-state index contributed by atoms with van der Waals surface area (Å²) in [4.78, 5) is 7.37. The maximum atomic E-state index is 11.9. The summed E-state index contributed by atoms with van der Waals surface area (Å²) in [5.41, 5.74) is -0.0440. The number of aryl methyl sites for hydroxylation is 1. The molecule has 0 saturated heterocycles. The Hall–Kier alpha value is -1.10. The number of hydrogen-bond donors (Lipinski definition) is 1. The molecular formula is C7H8F2N2O. The van der Waals surface area contributed by atoms with Crippen molar-refractivity contribution in [3.05, 3.63) is 23.8 Å². The van der Waals surface area contributed by atoms with Gasteiger partial charge in [0.25, 0.3) is 6.43 Å². The molecule has 1 aromatic rings. The summed E-state index contributed by atoms with van der Waals surface area (Å²) in [7, 11) is 0. The summed E-state index contributed by atoms with van der Waals surface area (Å²) in [5.74, 6) is 0.368. The molecule has 12 heavy (non-hydrogen) atoms. The number of aliphatic hydroxyl groups excluding tert-OH is 1. The van der Waals surface area contributed by atoms with Crippen molar-refractivity contribution in [1.29, 1.82) is 0 Å². The lowest BCUT2D eigenvalue weighted by Gasteiger charge is -2.07. The quantitative estimate of drug-likeness (QED) is 0.729. The van der Waals surface area contributed by atoms with Gasteiger partial charge in [-0.1, -0.05) is 0 Å². The van der Waals surface area contributed by atoms with Gasteiger partial charge in [0.2, 0.25) is 0 Å². The molecule has 0 saturated carbocycles. The summed E-state index contributed by atoms with van der Waals surface area (Å²) in [6.07, 6.45) is -3.28. The third kappa shape index (κ3) is 1.94. The van der Waals surface area contributed by atoms with Crippen LogP contribution in [0.5, 0.6) is 0 Å². The number of aromatic nitrogens is 2. The largest absolute Gasteiger partial charge is 0.381 e. The lowest BCUT2D eigenvalue weighted by Crippen LogP contribution is -2.10. The Morgan fingerprint density at radius 1 is 1.50 bits per heavy atom. The molecule has 1 rings (SSSR count). The van der Waals surface area contributed by atoms with Crippen molar-refractivity contribution in [1.82, 2.24) is 9.97 Å². The Morgan fingerprint density at radius 2 is 2.17 bits per heavy atom. The summed E-state index contributed by atoms with van der Waals surface area (Å²) in [6, 6.07) is 1.27. The minimum absolute atomic E-state index is 0.0440. The highest BCUT2D eigenvalue weighted by atomic mass is 19.3. The minimum Gasteiger partial charge on any atom is -0.381 e. The van der Waals surface area contributed by atoms with E-state index in [4.69, 9.17) is 5.11 Å². The van der Waals surface area contributed by atoms with Crippen molar-refractivity contribution < 1.29 is 13.9 Å². The first-order valence-corrected chi connectivity index (χ1v) is 3.37. The zero-order chi connectivity index (χ0) is 9.14. The fraction of sp³-hybridized carbons (Fsp3) is 0.429. The van der Waals surface area contributed by atoms with E-state index < -0.39 is 12.5 Å². The first-order valence-electron chi connectivity index (χ1n) is 3.37. The molecule has 1 atom stereocenters. The van der Waals surface area contributed by atoms with Crippen LogP contribution in [0.3, 0.4) is 0 Å². The number of aliphatic hydroxyl groups is 1. The number of alkyl halides is 2. The molecule has 1 N–H and O–H groups in total. The lowest BCUT2D eigenvalue weighted by atomic mass is 10.2. The molecule has 1 unspecified atom stereocenters. The zero-order valence-electron chi connectivity index (χ0n) is 6.41. The second kappa shape index (κ2) is 3.53. The van der Waals surface area contributed by atoms with Crippen molar-refractivity contribution in [2.24, 2.45) is 0 Å². The maximum Gasteiger partial charge on any atom is 0.269 e. The highest BCUT2D eigenvalue weighted by molar-refractivity contribution is 5.05. The monoisotopic (exact) mass is 174 g/mol. The molecule has 0 fully saturated rings. The molecule has 0 aliphatic carbocycles. The van der Waals surface area contributed by atoms with Gasteiger partial charge in [-0.3, -0.25) is 0 Å². The van der Waals surface area contributed by atoms with E-state index in [1.165, 1.54) is 12.3 Å². The summed E-state index contributed by atoms with van der Waals surface area (Å²) >= 11 is 0. The van der Waals surface area contributed by atoms with Crippen LogP contribution in [0.25, 0.3) is 0 Å². The number of rotatable bonds is 2. The van der Waals surface area contributed by atoms with E-state index in [1.807, 2.05) is 0 Å². The van der Waals surface area contributed by atoms with E-state index in [0.717, 1.165) is 0 Å². The molecule has 5 heteroatoms. The number of hydrogen-bond acceptors (Lipinski definition) is 3. The van der Waals surface area contributed by atoms with E-state index in [1.54, 1.807) is 6.92 Å². The molecule has 0 aliphatic heterocycles. The van der Waals surface area contributed by atoms with Crippen LogP contribution >= 0.6 is 0 Å². The molecule has 3 nitrogen and oxygen atoms in total. The molecule has 0 aliphatic rings. The third-order valence-electron chi connectivity index (χ3n) is 1.34. The number of nitrogens with zero attached hydrogens (tertiary/aromatic N) is 2. The summed E-state index contributed by atoms with van der Waals surface area (Å²) in [5, 5.41) is 8.88. The smallest absolute Gasteiger partial charge is 0.269 e. The Morgan fingerprint density at radius 3 is 2.67 bits per heavy atom. The lowest BCUT2D eigenvalue weighted by molar-refractivity contribution is -0.00835. The number of halogens is 2. The fourth-order valence-electron chi connectivity index (χ4n) is 0.768. The van der Waals surface area contributed by atoms with Crippen LogP contribution in [-0.2, 0) is 0 Å². The second-order valence-corrected chi connectivity index (χ2v) is 2.31. The highest BCUT2D eigenvalue weighted by Gasteiger charge is 2.20. The maximum absolute atomic E-state index is 11.9. The van der Waals surface area contributed by atoms with E-state index in [-0.39, 0.29) is 5.69 Å². The van der Waals surface area contributed by atoms with Crippen LogP contribution in [0.15, 0.2) is 12.3 Å². The fourth-order valence-corrected chi connectivity index (χ4v) is 0.768. The molecule has 0 aromatic carbocycles. The Kier molecular flexibility index (Phi) is 2.65. The molecule has 1 heterocycles. The van der Waals surface area contributed by atoms with Gasteiger partial charge in [-0.05, 0) is 13.0 Å². The van der Waals surface area contributed by atoms with E-state index in [9.17, 15) is 8.78 Å². The van der Waals surface area contributed by atoms with Crippen molar-refractivity contribution in [3.63, 3.8) is 0 Å². The summed E-state index contributed by atoms with van der Waals surface area (Å²) in [6.45, 7) is 1.57. The predicted octanol–water partition coefficient (Wildman–Crippen LogP) is 1.08. The van der Waals surface area contributed by atoms with Gasteiger partial charge < -0.3 is 5.11 Å². The second-order valence-electron chi connectivity index (χ2n) is 2.31. The van der Waals surface area contributed by atoms with Crippen molar-refractivity contribution in [3.8, 4) is 0 Å². The van der Waals surface area contributed by atoms with Gasteiger partial charge in [-0.25, -0.2) is 18.7 Å². The third-order valence-corrected chi connectivity index (χ3v) is 1.34. The molecule has 0 radical (unpaired) electrons. The Balaban J connectivity index is 2.88. The molecule has 0 bridgehead atoms. The standard InChI is InChI=1S/C7H8F2N2O/c1-4-10-3-2-5(11-4)6(12)7(8)9/h2-3,6-7,12H,1H3. The van der Waals surface area contributed by atoms with Crippen molar-refractivity contribution >= 4 is 0 Å². The van der Waals surface area contributed by atoms with E-state index >= 15 is 0 Å². The highest BCUT2D eigenvalue weighted by Crippen LogP contribution is 2.17. The van der Waals surface area contributed by atoms with Crippen molar-refractivity contribution in [2.75, 3.05) is 0 Å². The van der Waals surface area contributed by atoms with E-state index in [0.29, 0.717) is 5.82 Å². The van der Waals surface area contributed by atoms with Crippen LogP contribution in [0, 0.1) is 6.92 Å². The molecule has 0 amide bonds. The van der Waals surface area contributed by atoms with Gasteiger partial charge in [0, 0.05) is 6.20 Å². The van der Waals surface area contributed by atoms with Gasteiger partial charge in [0.05, 0.1) is 5.69 Å². The van der Waals surface area contributed by atoms with Crippen LogP contribution in [-0.4, -0.2) is 21.5 Å². The predicted molar refractivity (Wildman–Crippen MR) is 37.7 cm³/mol.